The Morgan fingerprint density at radius 3 is 2.50 bits per heavy atom. The van der Waals surface area contributed by atoms with Crippen LogP contribution in [0.5, 0.6) is 0 Å². The third-order valence-corrected chi connectivity index (χ3v) is 7.11. The lowest BCUT2D eigenvalue weighted by Crippen LogP contribution is -2.42. The Morgan fingerprint density at radius 1 is 1.17 bits per heavy atom. The van der Waals surface area contributed by atoms with Gasteiger partial charge in [-0.05, 0) is 43.7 Å². The predicted octanol–water partition coefficient (Wildman–Crippen LogP) is 2.71. The van der Waals surface area contributed by atoms with Gasteiger partial charge in [0, 0.05) is 26.2 Å². The highest BCUT2D eigenvalue weighted by molar-refractivity contribution is 7.89. The van der Waals surface area contributed by atoms with Crippen molar-refractivity contribution in [2.45, 2.75) is 56.6 Å². The van der Waals surface area contributed by atoms with Gasteiger partial charge in [-0.15, -0.1) is 0 Å². The average Bonchev–Trinajstić information content (AvgIpc) is 3.26. The zero-order valence-corrected chi connectivity index (χ0v) is 15.2. The predicted molar refractivity (Wildman–Crippen MR) is 90.2 cm³/mol. The summed E-state index contributed by atoms with van der Waals surface area (Å²) >= 11 is 0. The number of sulfonamides is 1. The molecule has 0 spiro atoms. The van der Waals surface area contributed by atoms with Gasteiger partial charge in [-0.2, -0.15) is 4.31 Å². The molecule has 1 saturated heterocycles. The summed E-state index contributed by atoms with van der Waals surface area (Å²) in [6.45, 7) is 3.20. The summed E-state index contributed by atoms with van der Waals surface area (Å²) < 4.78 is 31.9. The lowest BCUT2D eigenvalue weighted by Gasteiger charge is -2.35. The Kier molecular flexibility index (Phi) is 5.01. The van der Waals surface area contributed by atoms with Crippen molar-refractivity contribution in [2.24, 2.45) is 5.92 Å². The van der Waals surface area contributed by atoms with E-state index in [-0.39, 0.29) is 22.8 Å². The molecule has 1 aliphatic carbocycles. The van der Waals surface area contributed by atoms with Crippen LogP contribution in [0.15, 0.2) is 21.6 Å². The zero-order chi connectivity index (χ0) is 17.3. The van der Waals surface area contributed by atoms with Crippen LogP contribution in [0.4, 0.5) is 0 Å². The largest absolute Gasteiger partial charge is 0.438 e. The molecule has 1 saturated carbocycles. The molecule has 0 N–H and O–H groups in total. The van der Waals surface area contributed by atoms with Gasteiger partial charge in [0.2, 0.25) is 5.09 Å². The van der Waals surface area contributed by atoms with Gasteiger partial charge in [-0.25, -0.2) is 8.42 Å². The molecule has 2 heterocycles. The summed E-state index contributed by atoms with van der Waals surface area (Å²) in [6, 6.07) is 3.07. The molecule has 0 unspecified atom stereocenters. The van der Waals surface area contributed by atoms with Gasteiger partial charge >= 0.3 is 0 Å². The normalized spacial score (nSPS) is 25.8. The summed E-state index contributed by atoms with van der Waals surface area (Å²) in [5.74, 6) is 0.320. The van der Waals surface area contributed by atoms with E-state index in [9.17, 15) is 13.2 Å². The van der Waals surface area contributed by atoms with E-state index in [4.69, 9.17) is 4.42 Å². The monoisotopic (exact) mass is 354 g/mol. The van der Waals surface area contributed by atoms with E-state index in [2.05, 4.69) is 6.92 Å². The molecule has 1 aliphatic heterocycles. The molecule has 0 radical (unpaired) electrons. The Balaban J connectivity index is 1.76. The van der Waals surface area contributed by atoms with Crippen LogP contribution in [-0.2, 0) is 10.0 Å². The number of hydrogen-bond acceptors (Lipinski definition) is 4. The van der Waals surface area contributed by atoms with E-state index in [1.54, 1.807) is 11.9 Å². The van der Waals surface area contributed by atoms with Crippen molar-refractivity contribution in [1.82, 2.24) is 9.21 Å². The Bertz CT molecular complexity index is 691. The SMILES string of the molecule is C[C@@H]1CCCC[C@@H]1N(C)C(=O)c1ccc(S(=O)(=O)N2CCCC2)o1. The first-order chi connectivity index (χ1) is 11.4. The molecule has 0 bridgehead atoms. The maximum absolute atomic E-state index is 12.7. The van der Waals surface area contributed by atoms with E-state index in [0.717, 1.165) is 32.1 Å². The van der Waals surface area contributed by atoms with Crippen LogP contribution in [0.2, 0.25) is 0 Å². The molecular weight excluding hydrogens is 328 g/mol. The Labute approximate surface area is 143 Å². The highest BCUT2D eigenvalue weighted by Gasteiger charge is 2.33. The van der Waals surface area contributed by atoms with Gasteiger partial charge < -0.3 is 9.32 Å². The van der Waals surface area contributed by atoms with Crippen molar-refractivity contribution in [3.05, 3.63) is 17.9 Å². The van der Waals surface area contributed by atoms with Crippen molar-refractivity contribution < 1.29 is 17.6 Å². The second-order valence-electron chi connectivity index (χ2n) is 6.98. The standard InChI is InChI=1S/C17H26N2O4S/c1-13-7-3-4-8-14(13)18(2)17(20)15-9-10-16(23-15)24(21,22)19-11-5-6-12-19/h9-10,13-14H,3-8,11-12H2,1-2H3/t13-,14+/m1/s1. The number of rotatable bonds is 4. The molecule has 134 valence electrons. The minimum Gasteiger partial charge on any atom is -0.438 e. The zero-order valence-electron chi connectivity index (χ0n) is 14.4. The first kappa shape index (κ1) is 17.5. The van der Waals surface area contributed by atoms with E-state index >= 15 is 0 Å². The van der Waals surface area contributed by atoms with Crippen LogP contribution in [0, 0.1) is 5.92 Å². The van der Waals surface area contributed by atoms with Gasteiger partial charge in [0.1, 0.15) is 0 Å². The van der Waals surface area contributed by atoms with Gasteiger partial charge in [-0.3, -0.25) is 4.79 Å². The highest BCUT2D eigenvalue weighted by Crippen LogP contribution is 2.29. The second-order valence-corrected chi connectivity index (χ2v) is 8.84. The Morgan fingerprint density at radius 2 is 1.83 bits per heavy atom. The van der Waals surface area contributed by atoms with Crippen LogP contribution >= 0.6 is 0 Å². The fourth-order valence-corrected chi connectivity index (χ4v) is 5.25. The third kappa shape index (κ3) is 3.24. The van der Waals surface area contributed by atoms with Crippen molar-refractivity contribution in [3.8, 4) is 0 Å². The molecule has 1 aromatic rings. The fraction of sp³-hybridized carbons (Fsp3) is 0.706. The lowest BCUT2D eigenvalue weighted by molar-refractivity contribution is 0.0592. The van der Waals surface area contributed by atoms with Crippen LogP contribution in [0.3, 0.4) is 0 Å². The van der Waals surface area contributed by atoms with Gasteiger partial charge in [0.25, 0.3) is 15.9 Å². The van der Waals surface area contributed by atoms with Crippen molar-refractivity contribution in [2.75, 3.05) is 20.1 Å². The molecule has 1 aromatic heterocycles. The fourth-order valence-electron chi connectivity index (χ4n) is 3.83. The van der Waals surface area contributed by atoms with Crippen LogP contribution in [0.1, 0.15) is 56.0 Å². The third-order valence-electron chi connectivity index (χ3n) is 5.34. The van der Waals surface area contributed by atoms with Crippen LogP contribution < -0.4 is 0 Å². The summed E-state index contributed by atoms with van der Waals surface area (Å²) in [5.41, 5.74) is 0. The van der Waals surface area contributed by atoms with Gasteiger partial charge in [0.05, 0.1) is 0 Å². The molecule has 7 heteroatoms. The number of amides is 1. The van der Waals surface area contributed by atoms with Crippen molar-refractivity contribution in [1.29, 1.82) is 0 Å². The Hall–Kier alpha value is -1.34. The summed E-state index contributed by atoms with van der Waals surface area (Å²) in [6.07, 6.45) is 6.18. The molecule has 3 rings (SSSR count). The summed E-state index contributed by atoms with van der Waals surface area (Å²) in [7, 11) is -1.83. The van der Waals surface area contributed by atoms with Crippen LogP contribution in [0.25, 0.3) is 0 Å². The molecule has 0 aromatic carbocycles. The first-order valence-electron chi connectivity index (χ1n) is 8.78. The van der Waals surface area contributed by atoms with E-state index in [1.165, 1.54) is 22.9 Å². The average molecular weight is 354 g/mol. The number of nitrogens with zero attached hydrogens (tertiary/aromatic N) is 2. The molecule has 6 nitrogen and oxygen atoms in total. The van der Waals surface area contributed by atoms with Crippen molar-refractivity contribution in [3.63, 3.8) is 0 Å². The molecule has 2 atom stereocenters. The minimum atomic E-state index is -3.62. The number of hydrogen-bond donors (Lipinski definition) is 0. The van der Waals surface area contributed by atoms with Crippen molar-refractivity contribution >= 4 is 15.9 Å². The van der Waals surface area contributed by atoms with Crippen LogP contribution in [-0.4, -0.2) is 49.7 Å². The highest BCUT2D eigenvalue weighted by atomic mass is 32.2. The van der Waals surface area contributed by atoms with Gasteiger partial charge in [0.15, 0.2) is 5.76 Å². The second kappa shape index (κ2) is 6.88. The minimum absolute atomic E-state index is 0.105. The van der Waals surface area contributed by atoms with E-state index in [1.807, 2.05) is 0 Å². The van der Waals surface area contributed by atoms with E-state index < -0.39 is 10.0 Å². The first-order valence-corrected chi connectivity index (χ1v) is 10.2. The number of carbonyl (C=O) groups excluding carboxylic acids is 1. The quantitative estimate of drug-likeness (QED) is 0.833. The number of carbonyl (C=O) groups is 1. The number of furan rings is 1. The molecular formula is C17H26N2O4S. The summed E-state index contributed by atoms with van der Waals surface area (Å²) in [4.78, 5) is 14.4. The molecule has 2 fully saturated rings. The maximum atomic E-state index is 12.7. The van der Waals surface area contributed by atoms with E-state index in [0.29, 0.717) is 19.0 Å². The molecule has 24 heavy (non-hydrogen) atoms. The smallest absolute Gasteiger partial charge is 0.289 e. The lowest BCUT2D eigenvalue weighted by atomic mass is 9.85. The molecule has 1 amide bonds. The molecule has 2 aliphatic rings. The topological polar surface area (TPSA) is 70.8 Å². The summed E-state index contributed by atoms with van der Waals surface area (Å²) in [5, 5.41) is -0.127. The maximum Gasteiger partial charge on any atom is 0.289 e. The van der Waals surface area contributed by atoms with Gasteiger partial charge in [-0.1, -0.05) is 19.8 Å².